The lowest BCUT2D eigenvalue weighted by Gasteiger charge is -2.11. The molecule has 0 saturated carbocycles. The number of benzene rings is 2. The molecule has 0 aliphatic carbocycles. The van der Waals surface area contributed by atoms with Crippen LogP contribution in [0.15, 0.2) is 66.7 Å². The highest BCUT2D eigenvalue weighted by Gasteiger charge is 2.31. The summed E-state index contributed by atoms with van der Waals surface area (Å²) in [6, 6.07) is 20.4. The summed E-state index contributed by atoms with van der Waals surface area (Å²) in [7, 11) is 0. The lowest BCUT2D eigenvalue weighted by molar-refractivity contribution is -0.122. The molecule has 0 radical (unpaired) electrons. The second-order valence-corrected chi connectivity index (χ2v) is 7.12. The Hall–Kier alpha value is -2.85. The normalized spacial score (nSPS) is 15.4. The number of nitrogens with zero attached hydrogens (tertiary/aromatic N) is 1. The Morgan fingerprint density at radius 3 is 2.63 bits per heavy atom. The van der Waals surface area contributed by atoms with Gasteiger partial charge >= 0.3 is 0 Å². The van der Waals surface area contributed by atoms with Crippen LogP contribution in [-0.4, -0.2) is 16.3 Å². The fourth-order valence-corrected chi connectivity index (χ4v) is 3.82. The van der Waals surface area contributed by atoms with Gasteiger partial charge in [-0.15, -0.1) is 0 Å². The number of amides is 1. The zero-order valence-corrected chi connectivity index (χ0v) is 15.4. The molecule has 1 aromatic heterocycles. The molecule has 1 atom stereocenters. The molecule has 4 rings (SSSR count). The van der Waals surface area contributed by atoms with Crippen molar-refractivity contribution < 1.29 is 9.59 Å². The zero-order valence-electron chi connectivity index (χ0n) is 14.7. The van der Waals surface area contributed by atoms with Gasteiger partial charge in [-0.05, 0) is 36.2 Å². The van der Waals surface area contributed by atoms with Crippen molar-refractivity contribution >= 4 is 23.3 Å². The van der Waals surface area contributed by atoms with Gasteiger partial charge in [-0.25, -0.2) is 0 Å². The summed E-state index contributed by atoms with van der Waals surface area (Å²) in [5, 5.41) is 3.64. The highest BCUT2D eigenvalue weighted by Crippen LogP contribution is 2.31. The van der Waals surface area contributed by atoms with E-state index in [-0.39, 0.29) is 17.6 Å². The molecule has 0 bridgehead atoms. The molecule has 0 fully saturated rings. The number of rotatable bonds is 5. The largest absolute Gasteiger partial charge is 0.351 e. The third kappa shape index (κ3) is 3.53. The van der Waals surface area contributed by atoms with Crippen LogP contribution in [0.2, 0.25) is 5.02 Å². The quantitative estimate of drug-likeness (QED) is 0.677. The van der Waals surface area contributed by atoms with Gasteiger partial charge in [0.1, 0.15) is 0 Å². The minimum Gasteiger partial charge on any atom is -0.351 e. The van der Waals surface area contributed by atoms with Crippen molar-refractivity contribution in [3.05, 3.63) is 94.3 Å². The summed E-state index contributed by atoms with van der Waals surface area (Å²) in [4.78, 5) is 25.4. The van der Waals surface area contributed by atoms with E-state index in [1.165, 1.54) is 0 Å². The van der Waals surface area contributed by atoms with E-state index in [0.717, 1.165) is 11.3 Å². The summed E-state index contributed by atoms with van der Waals surface area (Å²) in [6.45, 7) is 1.11. The first-order chi connectivity index (χ1) is 13.1. The molecule has 1 N–H and O–H groups in total. The van der Waals surface area contributed by atoms with Gasteiger partial charge < -0.3 is 9.88 Å². The molecule has 2 aromatic carbocycles. The van der Waals surface area contributed by atoms with Crippen LogP contribution in [0.25, 0.3) is 0 Å². The number of hydrogen-bond acceptors (Lipinski definition) is 2. The molecule has 5 heteroatoms. The van der Waals surface area contributed by atoms with E-state index in [4.69, 9.17) is 11.6 Å². The summed E-state index contributed by atoms with van der Waals surface area (Å²) >= 11 is 5.99. The maximum Gasteiger partial charge on any atom is 0.229 e. The number of fused-ring (bicyclic) bond motifs is 1. The third-order valence-electron chi connectivity index (χ3n) is 4.95. The Balaban J connectivity index is 1.48. The van der Waals surface area contributed by atoms with E-state index < -0.39 is 0 Å². The van der Waals surface area contributed by atoms with Gasteiger partial charge in [-0.2, -0.15) is 0 Å². The highest BCUT2D eigenvalue weighted by atomic mass is 35.5. The van der Waals surface area contributed by atoms with Gasteiger partial charge in [-0.3, -0.25) is 9.59 Å². The number of carbonyl (C=O) groups is 2. The first kappa shape index (κ1) is 17.6. The summed E-state index contributed by atoms with van der Waals surface area (Å²) in [5.41, 5.74) is 3.16. The maximum absolute atomic E-state index is 12.8. The monoisotopic (exact) mass is 378 g/mol. The van der Waals surface area contributed by atoms with Gasteiger partial charge in [0.15, 0.2) is 0 Å². The zero-order chi connectivity index (χ0) is 18.8. The van der Waals surface area contributed by atoms with Crippen molar-refractivity contribution in [3.63, 3.8) is 0 Å². The second-order valence-electron chi connectivity index (χ2n) is 6.68. The lowest BCUT2D eigenvalue weighted by Crippen LogP contribution is -2.27. The molecule has 136 valence electrons. The summed E-state index contributed by atoms with van der Waals surface area (Å²) in [5.74, 6) is -0.270. The Labute approximate surface area is 162 Å². The number of nitrogens with one attached hydrogen (secondary N) is 1. The Bertz CT molecular complexity index is 995. The fraction of sp³-hybridized carbons (Fsp3) is 0.182. The van der Waals surface area contributed by atoms with Crippen molar-refractivity contribution in [1.82, 2.24) is 9.88 Å². The summed E-state index contributed by atoms with van der Waals surface area (Å²) in [6.07, 6.45) is 0.701. The minimum atomic E-state index is -0.235. The van der Waals surface area contributed by atoms with Crippen molar-refractivity contribution in [2.45, 2.75) is 25.4 Å². The number of halogens is 1. The van der Waals surface area contributed by atoms with E-state index >= 15 is 0 Å². The topological polar surface area (TPSA) is 51.1 Å². The Kier molecular flexibility index (Phi) is 4.82. The van der Waals surface area contributed by atoms with Crippen LogP contribution in [0.1, 0.15) is 39.6 Å². The SMILES string of the molecule is O=C(c1ccccc1)c1ccc2n1CC[C@H]2C(=O)NCc1cccc(Cl)c1. The lowest BCUT2D eigenvalue weighted by atomic mass is 10.0. The molecular formula is C22H19ClN2O2. The number of ketones is 1. The maximum atomic E-state index is 12.8. The Morgan fingerprint density at radius 2 is 1.85 bits per heavy atom. The van der Waals surface area contributed by atoms with Gasteiger partial charge in [0.05, 0.1) is 11.6 Å². The average molecular weight is 379 g/mol. The number of aromatic nitrogens is 1. The smallest absolute Gasteiger partial charge is 0.229 e. The molecule has 2 heterocycles. The van der Waals surface area contributed by atoms with E-state index in [1.54, 1.807) is 0 Å². The van der Waals surface area contributed by atoms with Crippen molar-refractivity contribution in [2.24, 2.45) is 0 Å². The van der Waals surface area contributed by atoms with Gasteiger partial charge in [-0.1, -0.05) is 54.1 Å². The Morgan fingerprint density at radius 1 is 1.04 bits per heavy atom. The minimum absolute atomic E-state index is 0.0122. The predicted octanol–water partition coefficient (Wildman–Crippen LogP) is 4.18. The van der Waals surface area contributed by atoms with Crippen molar-refractivity contribution in [3.8, 4) is 0 Å². The molecule has 0 saturated heterocycles. The molecule has 1 aliphatic heterocycles. The first-order valence-electron chi connectivity index (χ1n) is 8.95. The average Bonchev–Trinajstić information content (AvgIpc) is 3.28. The highest BCUT2D eigenvalue weighted by molar-refractivity contribution is 6.30. The van der Waals surface area contributed by atoms with Gasteiger partial charge in [0.25, 0.3) is 0 Å². The van der Waals surface area contributed by atoms with Crippen LogP contribution in [0.4, 0.5) is 0 Å². The molecule has 1 amide bonds. The van der Waals surface area contributed by atoms with Crippen LogP contribution in [0.3, 0.4) is 0 Å². The van der Waals surface area contributed by atoms with Gasteiger partial charge in [0.2, 0.25) is 11.7 Å². The summed E-state index contributed by atoms with van der Waals surface area (Å²) < 4.78 is 1.97. The molecule has 1 aliphatic rings. The van der Waals surface area contributed by atoms with E-state index in [2.05, 4.69) is 5.32 Å². The van der Waals surface area contributed by atoms with Crippen LogP contribution >= 0.6 is 11.6 Å². The van der Waals surface area contributed by atoms with Crippen molar-refractivity contribution in [2.75, 3.05) is 0 Å². The van der Waals surface area contributed by atoms with Gasteiger partial charge in [0, 0.05) is 29.4 Å². The second kappa shape index (κ2) is 7.41. The molecule has 3 aromatic rings. The fourth-order valence-electron chi connectivity index (χ4n) is 3.60. The standard InChI is InChI=1S/C22H19ClN2O2/c23-17-8-4-5-15(13-17)14-24-22(27)18-11-12-25-19(18)9-10-20(25)21(26)16-6-2-1-3-7-16/h1-10,13,18H,11-12,14H2,(H,24,27)/t18-/m1/s1. The molecule has 4 nitrogen and oxygen atoms in total. The third-order valence-corrected chi connectivity index (χ3v) is 5.19. The number of hydrogen-bond donors (Lipinski definition) is 1. The van der Waals surface area contributed by atoms with Crippen molar-refractivity contribution in [1.29, 1.82) is 0 Å². The van der Waals surface area contributed by atoms with Crippen LogP contribution in [0, 0.1) is 0 Å². The van der Waals surface area contributed by atoms with E-state index in [9.17, 15) is 9.59 Å². The molecular weight excluding hydrogens is 360 g/mol. The van der Waals surface area contributed by atoms with Crippen LogP contribution in [0.5, 0.6) is 0 Å². The molecule has 27 heavy (non-hydrogen) atoms. The number of carbonyl (C=O) groups excluding carboxylic acids is 2. The predicted molar refractivity (Wildman–Crippen MR) is 105 cm³/mol. The molecule has 0 spiro atoms. The molecule has 0 unspecified atom stereocenters. The first-order valence-corrected chi connectivity index (χ1v) is 9.32. The van der Waals surface area contributed by atoms with Crippen LogP contribution < -0.4 is 5.32 Å². The van der Waals surface area contributed by atoms with Crippen LogP contribution in [-0.2, 0) is 17.9 Å². The van der Waals surface area contributed by atoms with E-state index in [0.29, 0.717) is 35.8 Å². The van der Waals surface area contributed by atoms with E-state index in [1.807, 2.05) is 71.3 Å².